The summed E-state index contributed by atoms with van der Waals surface area (Å²) in [5.74, 6) is 0.602. The zero-order valence-electron chi connectivity index (χ0n) is 63.7. The molecule has 0 unspecified atom stereocenters. The van der Waals surface area contributed by atoms with E-state index in [-0.39, 0.29) is 23.6 Å². The third-order valence-electron chi connectivity index (χ3n) is 21.8. The van der Waals surface area contributed by atoms with Crippen molar-refractivity contribution in [3.63, 3.8) is 0 Å². The Balaban J connectivity index is 0.000000110. The van der Waals surface area contributed by atoms with Crippen LogP contribution in [0.15, 0.2) is 316 Å². The maximum atomic E-state index is 13.3. The van der Waals surface area contributed by atoms with Gasteiger partial charge in [-0.1, -0.05) is 223 Å². The van der Waals surface area contributed by atoms with Gasteiger partial charge in [0.05, 0.1) is 57.7 Å². The minimum atomic E-state index is -4.42. The summed E-state index contributed by atoms with van der Waals surface area (Å²) in [5.41, 5.74) is 25.8. The van der Waals surface area contributed by atoms with Gasteiger partial charge < -0.3 is 4.74 Å². The molecule has 12 heteroatoms. The van der Waals surface area contributed by atoms with Crippen LogP contribution < -0.4 is 24.3 Å². The van der Waals surface area contributed by atoms with Crippen molar-refractivity contribution in [3.8, 4) is 50.3 Å². The van der Waals surface area contributed by atoms with E-state index >= 15 is 0 Å². The van der Waals surface area contributed by atoms with E-state index < -0.39 is 11.7 Å². The molecule has 4 aliphatic rings. The van der Waals surface area contributed by atoms with E-state index in [1.807, 2.05) is 150 Å². The van der Waals surface area contributed by atoms with E-state index in [4.69, 9.17) is 4.74 Å². The summed E-state index contributed by atoms with van der Waals surface area (Å²) in [7, 11) is 1.64. The fraction of sp³-hybridized carbons (Fsp3) is 0.0784. The highest BCUT2D eigenvalue weighted by Crippen LogP contribution is 2.51. The number of aryl methyl sites for hydroxylation is 6. The summed E-state index contributed by atoms with van der Waals surface area (Å²) in [6, 6.07) is 100. The normalized spacial score (nSPS) is 12.9. The molecule has 9 nitrogen and oxygen atoms in total. The largest absolute Gasteiger partial charge is 0.497 e. The lowest BCUT2D eigenvalue weighted by atomic mass is 9.95. The summed E-state index contributed by atoms with van der Waals surface area (Å²) in [5, 5.41) is 8.18. The summed E-state index contributed by atoms with van der Waals surface area (Å²) in [6.07, 6.45) is -2.62. The molecule has 16 aromatic carbocycles. The predicted octanol–water partition coefficient (Wildman–Crippen LogP) is 26.7. The van der Waals surface area contributed by atoms with E-state index in [1.165, 1.54) is 39.3 Å². The Morgan fingerprint density at radius 3 is 0.895 bits per heavy atom. The SMILES string of the molecule is C=Cc1cccc(N2C(=O)c3cccc4c(-c5ccc(C)cc5)ccc2c34)c1.COc1ccc(N2C(=O)c3cccc4c(-c5ccc(C)cc5)ccc2c34)cc1.Cc1ccc(-c2ccc3c4c(cccc24)C(=O)N3c2cc(C)cc(C)c2)cc1.Cc1ccc(-c2ccc3c4c(cccc24)C(=O)N3c2ccc(C(F)(F)F)cc2)cc1. The fourth-order valence-corrected chi connectivity index (χ4v) is 16.3. The number of carbonyl (C=O) groups excluding carboxylic acids is 4. The highest BCUT2D eigenvalue weighted by atomic mass is 19.4. The second-order valence-corrected chi connectivity index (χ2v) is 29.4. The van der Waals surface area contributed by atoms with Crippen LogP contribution in [0.5, 0.6) is 5.75 Å². The van der Waals surface area contributed by atoms with E-state index in [0.717, 1.165) is 173 Å². The lowest BCUT2D eigenvalue weighted by Crippen LogP contribution is -2.21. The number of alkyl halides is 3. The van der Waals surface area contributed by atoms with Crippen LogP contribution >= 0.6 is 0 Å². The second kappa shape index (κ2) is 29.2. The maximum Gasteiger partial charge on any atom is 0.416 e. The Morgan fingerprint density at radius 1 is 0.289 bits per heavy atom. The summed E-state index contributed by atoms with van der Waals surface area (Å²) >= 11 is 0. The molecule has 0 aliphatic carbocycles. The van der Waals surface area contributed by atoms with Gasteiger partial charge in [0.15, 0.2) is 0 Å². The third kappa shape index (κ3) is 13.0. The molecule has 0 radical (unpaired) electrons. The fourth-order valence-electron chi connectivity index (χ4n) is 16.3. The van der Waals surface area contributed by atoms with E-state index in [2.05, 4.69) is 187 Å². The number of halogens is 3. The van der Waals surface area contributed by atoms with Crippen LogP contribution in [0.2, 0.25) is 0 Å². The molecule has 0 atom stereocenters. The number of ether oxygens (including phenoxy) is 1. The van der Waals surface area contributed by atoms with Crippen LogP contribution in [0, 0.1) is 41.5 Å². The van der Waals surface area contributed by atoms with Crippen LogP contribution in [-0.2, 0) is 6.18 Å². The van der Waals surface area contributed by atoms with Crippen LogP contribution in [0.3, 0.4) is 0 Å². The van der Waals surface area contributed by atoms with Gasteiger partial charge in [0.2, 0.25) is 0 Å². The van der Waals surface area contributed by atoms with Crippen molar-refractivity contribution in [1.29, 1.82) is 0 Å². The first-order chi connectivity index (χ1) is 55.2. The van der Waals surface area contributed by atoms with Crippen LogP contribution in [0.1, 0.15) is 85.9 Å². The molecule has 0 N–H and O–H groups in total. The van der Waals surface area contributed by atoms with E-state index in [0.29, 0.717) is 16.9 Å². The van der Waals surface area contributed by atoms with E-state index in [9.17, 15) is 32.3 Å². The van der Waals surface area contributed by atoms with Gasteiger partial charge in [0.25, 0.3) is 23.6 Å². The summed E-state index contributed by atoms with van der Waals surface area (Å²) < 4.78 is 44.0. The predicted molar refractivity (Wildman–Crippen MR) is 459 cm³/mol. The Kier molecular flexibility index (Phi) is 18.6. The molecule has 0 fully saturated rings. The number of carbonyl (C=O) groups is 4. The lowest BCUT2D eigenvalue weighted by Gasteiger charge is -2.19. The highest BCUT2D eigenvalue weighted by molar-refractivity contribution is 6.33. The van der Waals surface area contributed by atoms with Crippen molar-refractivity contribution in [2.24, 2.45) is 0 Å². The lowest BCUT2D eigenvalue weighted by molar-refractivity contribution is -0.137. The molecule has 4 aliphatic heterocycles. The average molecular weight is 1490 g/mol. The van der Waals surface area contributed by atoms with Gasteiger partial charge in [0, 0.05) is 44.3 Å². The Hall–Kier alpha value is -14.2. The first kappa shape index (κ1) is 72.6. The Labute approximate surface area is 658 Å². The number of anilines is 8. The van der Waals surface area contributed by atoms with Crippen molar-refractivity contribution >= 4 is 118 Å². The standard InChI is InChI=1S/C26H21NO.C26H19NO.C25H16F3NO.C25H19NO2/c1-16-7-9-19(10-8-16)21-11-12-24-25-22(21)5-4-6-23(25)26(28)27(24)20-14-17(2)13-18(3)15-20;1-3-18-6-4-7-20(16-18)27-24-15-14-21(19-12-10-17(2)11-13-19)22-8-5-9-23(25(22)24)26(27)28;1-15-5-7-16(8-6-15)19-13-14-22-23-20(19)3-2-4-21(23)24(30)29(22)18-11-9-17(10-12-18)25(26,27)28;1-16-6-8-17(9-7-16)20-14-15-23-24-21(20)4-3-5-22(24)25(27)26(23)18-10-12-19(28-2)13-11-18/h4-15H,1-3H3;3-16H,1H2,2H3;2-14H,1H3;3-15H,1-2H3. The molecule has 0 aromatic heterocycles. The highest BCUT2D eigenvalue weighted by Gasteiger charge is 2.37. The number of nitrogens with zero attached hydrogens (tertiary/aromatic N) is 4. The van der Waals surface area contributed by atoms with Gasteiger partial charge >= 0.3 is 6.18 Å². The zero-order valence-corrected chi connectivity index (χ0v) is 63.7. The van der Waals surface area contributed by atoms with Crippen molar-refractivity contribution in [2.45, 2.75) is 47.7 Å². The summed E-state index contributed by atoms with van der Waals surface area (Å²) in [6.45, 7) is 16.3. The van der Waals surface area contributed by atoms with Crippen LogP contribution in [-0.4, -0.2) is 30.7 Å². The molecule has 0 saturated carbocycles. The van der Waals surface area contributed by atoms with Gasteiger partial charge in [0.1, 0.15) is 5.75 Å². The maximum absolute atomic E-state index is 13.3. The number of hydrogen-bond acceptors (Lipinski definition) is 5. The molecule has 0 saturated heterocycles. The topological polar surface area (TPSA) is 90.5 Å². The van der Waals surface area contributed by atoms with Gasteiger partial charge in [-0.15, -0.1) is 0 Å². The first-order valence-corrected chi connectivity index (χ1v) is 37.7. The molecule has 16 aromatic rings. The van der Waals surface area contributed by atoms with Gasteiger partial charge in [-0.25, -0.2) is 0 Å². The van der Waals surface area contributed by atoms with Crippen molar-refractivity contribution in [1.82, 2.24) is 0 Å². The van der Waals surface area contributed by atoms with Crippen molar-refractivity contribution in [3.05, 3.63) is 383 Å². The molecule has 4 amide bonds. The second-order valence-electron chi connectivity index (χ2n) is 29.4. The average Bonchev–Trinajstić information content (AvgIpc) is 1.59. The van der Waals surface area contributed by atoms with Crippen molar-refractivity contribution in [2.75, 3.05) is 26.7 Å². The van der Waals surface area contributed by atoms with Gasteiger partial charge in [-0.3, -0.25) is 38.8 Å². The monoisotopic (exact) mass is 1490 g/mol. The molecule has 0 spiro atoms. The smallest absolute Gasteiger partial charge is 0.416 e. The molecule has 0 bridgehead atoms. The number of methoxy groups -OCH3 is 1. The minimum Gasteiger partial charge on any atom is -0.497 e. The first-order valence-electron chi connectivity index (χ1n) is 37.7. The molecule has 4 heterocycles. The number of amides is 4. The quantitative estimate of drug-likeness (QED) is 0.136. The summed E-state index contributed by atoms with van der Waals surface area (Å²) in [4.78, 5) is 59.9. The Morgan fingerprint density at radius 2 is 0.588 bits per heavy atom. The molecular formula is C102H75F3N4O5. The number of hydrogen-bond donors (Lipinski definition) is 0. The van der Waals surface area contributed by atoms with Crippen molar-refractivity contribution < 1.29 is 37.1 Å². The Bertz CT molecular complexity index is 6590. The number of rotatable bonds is 10. The van der Waals surface area contributed by atoms with Crippen LogP contribution in [0.4, 0.5) is 58.7 Å². The zero-order chi connectivity index (χ0) is 79.0. The number of benzene rings is 16. The molecule has 554 valence electrons. The molecular weight excluding hydrogens is 1420 g/mol. The third-order valence-corrected chi connectivity index (χ3v) is 21.8. The van der Waals surface area contributed by atoms with Gasteiger partial charge in [-0.05, 0) is 246 Å². The van der Waals surface area contributed by atoms with Crippen LogP contribution in [0.25, 0.3) is 93.7 Å². The molecule has 114 heavy (non-hydrogen) atoms. The molecule has 20 rings (SSSR count). The van der Waals surface area contributed by atoms with E-state index in [1.54, 1.807) is 24.2 Å². The minimum absolute atomic E-state index is 0.00632. The van der Waals surface area contributed by atoms with Gasteiger partial charge in [-0.2, -0.15) is 13.2 Å².